The Bertz CT molecular complexity index is 442. The molecule has 1 saturated carbocycles. The molecule has 0 bridgehead atoms. The first-order valence-electron chi connectivity index (χ1n) is 7.08. The summed E-state index contributed by atoms with van der Waals surface area (Å²) in [4.78, 5) is 0. The fourth-order valence-corrected chi connectivity index (χ4v) is 2.88. The maximum absolute atomic E-state index is 13.5. The summed E-state index contributed by atoms with van der Waals surface area (Å²) in [5.41, 5.74) is 1.10. The average molecular weight is 284 g/mol. The Morgan fingerprint density at radius 1 is 1.42 bits per heavy atom. The molecule has 2 rings (SSSR count). The minimum atomic E-state index is -0.311. The van der Waals surface area contributed by atoms with Crippen molar-refractivity contribution in [2.75, 3.05) is 6.54 Å². The van der Waals surface area contributed by atoms with Crippen LogP contribution in [0.4, 0.5) is 4.39 Å². The highest BCUT2D eigenvalue weighted by Crippen LogP contribution is 2.47. The van der Waals surface area contributed by atoms with Crippen LogP contribution in [-0.2, 0) is 6.42 Å². The third-order valence-electron chi connectivity index (χ3n) is 4.10. The van der Waals surface area contributed by atoms with Crippen molar-refractivity contribution in [3.63, 3.8) is 0 Å². The smallest absolute Gasteiger partial charge is 0.142 e. The molecule has 1 aliphatic rings. The number of hydrogen-bond acceptors (Lipinski definition) is 1. The van der Waals surface area contributed by atoms with Gasteiger partial charge in [-0.3, -0.25) is 0 Å². The van der Waals surface area contributed by atoms with E-state index in [0.717, 1.165) is 24.4 Å². The van der Waals surface area contributed by atoms with Crippen LogP contribution in [0, 0.1) is 17.2 Å². The summed E-state index contributed by atoms with van der Waals surface area (Å²) in [5, 5.41) is 3.82. The third kappa shape index (κ3) is 3.70. The van der Waals surface area contributed by atoms with E-state index < -0.39 is 0 Å². The highest BCUT2D eigenvalue weighted by Gasteiger charge is 2.41. The van der Waals surface area contributed by atoms with Crippen LogP contribution in [0.1, 0.15) is 39.2 Å². The summed E-state index contributed by atoms with van der Waals surface area (Å²) in [7, 11) is 0. The van der Waals surface area contributed by atoms with Crippen LogP contribution in [0.2, 0.25) is 5.02 Å². The van der Waals surface area contributed by atoms with Gasteiger partial charge in [-0.1, -0.05) is 44.5 Å². The van der Waals surface area contributed by atoms with Crippen LogP contribution in [-0.4, -0.2) is 12.6 Å². The minimum absolute atomic E-state index is 0.168. The first-order valence-corrected chi connectivity index (χ1v) is 7.46. The van der Waals surface area contributed by atoms with E-state index in [-0.39, 0.29) is 11.2 Å². The monoisotopic (exact) mass is 283 g/mol. The van der Waals surface area contributed by atoms with E-state index >= 15 is 0 Å². The lowest BCUT2D eigenvalue weighted by Gasteiger charge is -2.31. The van der Waals surface area contributed by atoms with Gasteiger partial charge in [-0.25, -0.2) is 4.39 Å². The molecule has 0 aromatic heterocycles. The molecule has 3 heteroatoms. The van der Waals surface area contributed by atoms with E-state index in [1.54, 1.807) is 6.07 Å². The van der Waals surface area contributed by atoms with Crippen LogP contribution in [0.5, 0.6) is 0 Å². The van der Waals surface area contributed by atoms with Gasteiger partial charge in [0, 0.05) is 12.6 Å². The van der Waals surface area contributed by atoms with Gasteiger partial charge < -0.3 is 5.32 Å². The molecule has 1 fully saturated rings. The second kappa shape index (κ2) is 5.80. The number of nitrogens with one attached hydrogen (secondary N) is 1. The quantitative estimate of drug-likeness (QED) is 0.814. The normalized spacial score (nSPS) is 18.6. The van der Waals surface area contributed by atoms with Gasteiger partial charge in [-0.2, -0.15) is 0 Å². The van der Waals surface area contributed by atoms with Gasteiger partial charge in [-0.05, 0) is 42.2 Å². The van der Waals surface area contributed by atoms with Crippen molar-refractivity contribution < 1.29 is 4.39 Å². The lowest BCUT2D eigenvalue weighted by atomic mass is 9.78. The lowest BCUT2D eigenvalue weighted by Crippen LogP contribution is -2.38. The van der Waals surface area contributed by atoms with Crippen molar-refractivity contribution in [2.45, 2.75) is 46.1 Å². The van der Waals surface area contributed by atoms with E-state index in [1.165, 1.54) is 18.9 Å². The largest absolute Gasteiger partial charge is 0.314 e. The Balaban J connectivity index is 2.14. The molecule has 1 aromatic rings. The van der Waals surface area contributed by atoms with Gasteiger partial charge >= 0.3 is 0 Å². The zero-order valence-corrected chi connectivity index (χ0v) is 12.7. The summed E-state index contributed by atoms with van der Waals surface area (Å²) < 4.78 is 13.5. The van der Waals surface area contributed by atoms with Gasteiger partial charge in [-0.15, -0.1) is 0 Å². The highest BCUT2D eigenvalue weighted by atomic mass is 35.5. The molecule has 0 spiro atoms. The molecule has 1 atom stereocenters. The first kappa shape index (κ1) is 14.8. The molecule has 19 heavy (non-hydrogen) atoms. The maximum atomic E-state index is 13.5. The molecule has 0 radical (unpaired) electrons. The van der Waals surface area contributed by atoms with Gasteiger partial charge in [0.1, 0.15) is 5.82 Å². The molecule has 1 aliphatic carbocycles. The average Bonchev–Trinajstić information content (AvgIpc) is 3.17. The van der Waals surface area contributed by atoms with Crippen LogP contribution in [0.3, 0.4) is 0 Å². The molecular weight excluding hydrogens is 261 g/mol. The Morgan fingerprint density at radius 2 is 2.11 bits per heavy atom. The Morgan fingerprint density at radius 3 is 2.68 bits per heavy atom. The highest BCUT2D eigenvalue weighted by molar-refractivity contribution is 6.31. The van der Waals surface area contributed by atoms with Crippen LogP contribution >= 0.6 is 11.6 Å². The van der Waals surface area contributed by atoms with E-state index in [4.69, 9.17) is 11.6 Å². The summed E-state index contributed by atoms with van der Waals surface area (Å²) in [6.45, 7) is 7.56. The summed E-state index contributed by atoms with van der Waals surface area (Å²) in [6, 6.07) is 5.59. The van der Waals surface area contributed by atoms with Gasteiger partial charge in [0.05, 0.1) is 5.02 Å². The van der Waals surface area contributed by atoms with Gasteiger partial charge in [0.15, 0.2) is 0 Å². The third-order valence-corrected chi connectivity index (χ3v) is 4.53. The molecule has 1 N–H and O–H groups in total. The number of benzene rings is 1. The van der Waals surface area contributed by atoms with E-state index in [9.17, 15) is 4.39 Å². The standard InChI is InChI=1S/C16H23ClFN/c1-11(2)19-10-16(3,13-7-8-13)9-12-5-4-6-14(18)15(12)17/h4-6,11,13,19H,7-10H2,1-3H3. The first-order chi connectivity index (χ1) is 8.92. The zero-order chi connectivity index (χ0) is 14.0. The zero-order valence-electron chi connectivity index (χ0n) is 12.0. The van der Waals surface area contributed by atoms with E-state index in [2.05, 4.69) is 26.1 Å². The predicted octanol–water partition coefficient (Wildman–Crippen LogP) is 4.44. The molecule has 0 aliphatic heterocycles. The topological polar surface area (TPSA) is 12.0 Å². The summed E-state index contributed by atoms with van der Waals surface area (Å²) in [5.74, 6) is 0.423. The molecule has 1 aromatic carbocycles. The predicted molar refractivity (Wildman–Crippen MR) is 79.1 cm³/mol. The van der Waals surface area contributed by atoms with Crippen LogP contribution in [0.15, 0.2) is 18.2 Å². The Kier molecular flexibility index (Phi) is 4.52. The summed E-state index contributed by atoms with van der Waals surface area (Å²) in [6.07, 6.45) is 3.40. The number of halogens is 2. The fourth-order valence-electron chi connectivity index (χ4n) is 2.69. The van der Waals surface area contributed by atoms with Crippen molar-refractivity contribution in [3.05, 3.63) is 34.6 Å². The molecule has 0 heterocycles. The fraction of sp³-hybridized carbons (Fsp3) is 0.625. The number of hydrogen-bond donors (Lipinski definition) is 1. The van der Waals surface area contributed by atoms with E-state index in [1.807, 2.05) is 6.07 Å². The molecule has 0 saturated heterocycles. The summed E-state index contributed by atoms with van der Waals surface area (Å²) >= 11 is 6.09. The lowest BCUT2D eigenvalue weighted by molar-refractivity contribution is 0.248. The van der Waals surface area contributed by atoms with Crippen molar-refractivity contribution in [1.29, 1.82) is 0 Å². The van der Waals surface area contributed by atoms with Crippen LogP contribution < -0.4 is 5.32 Å². The molecular formula is C16H23ClFN. The van der Waals surface area contributed by atoms with Gasteiger partial charge in [0.25, 0.3) is 0 Å². The van der Waals surface area contributed by atoms with Crippen molar-refractivity contribution >= 4 is 11.6 Å². The molecule has 106 valence electrons. The van der Waals surface area contributed by atoms with Crippen molar-refractivity contribution in [1.82, 2.24) is 5.32 Å². The molecule has 1 nitrogen and oxygen atoms in total. The van der Waals surface area contributed by atoms with E-state index in [0.29, 0.717) is 11.1 Å². The van der Waals surface area contributed by atoms with Crippen molar-refractivity contribution in [2.24, 2.45) is 11.3 Å². The molecule has 0 amide bonds. The number of rotatable bonds is 6. The maximum Gasteiger partial charge on any atom is 0.142 e. The van der Waals surface area contributed by atoms with Gasteiger partial charge in [0.2, 0.25) is 0 Å². The van der Waals surface area contributed by atoms with Crippen molar-refractivity contribution in [3.8, 4) is 0 Å². The Labute approximate surface area is 120 Å². The molecule has 1 unspecified atom stereocenters. The minimum Gasteiger partial charge on any atom is -0.314 e. The SMILES string of the molecule is CC(C)NCC(C)(Cc1cccc(F)c1Cl)C1CC1. The van der Waals surface area contributed by atoms with Crippen LogP contribution in [0.25, 0.3) is 0 Å². The second-order valence-electron chi connectivity index (χ2n) is 6.35. The second-order valence-corrected chi connectivity index (χ2v) is 6.73. The Hall–Kier alpha value is -0.600.